The number of nitriles is 1. The molecule has 0 spiro atoms. The average Bonchev–Trinajstić information content (AvgIpc) is 3.08. The van der Waals surface area contributed by atoms with E-state index in [4.69, 9.17) is 0 Å². The number of aliphatic hydroxyl groups is 1. The van der Waals surface area contributed by atoms with Gasteiger partial charge in [-0.15, -0.1) is 11.3 Å². The summed E-state index contributed by atoms with van der Waals surface area (Å²) >= 11 is 1.61. The van der Waals surface area contributed by atoms with E-state index in [2.05, 4.69) is 16.0 Å². The average molecular weight is 327 g/mol. The highest BCUT2D eigenvalue weighted by Crippen LogP contribution is 2.34. The highest BCUT2D eigenvalue weighted by atomic mass is 32.1. The number of rotatable bonds is 3. The van der Waals surface area contributed by atoms with E-state index in [1.54, 1.807) is 11.3 Å². The predicted octanol–water partition coefficient (Wildman–Crippen LogP) is 3.58. The van der Waals surface area contributed by atoms with Crippen molar-refractivity contribution >= 4 is 17.2 Å². The van der Waals surface area contributed by atoms with Gasteiger partial charge in [0.1, 0.15) is 11.9 Å². The van der Waals surface area contributed by atoms with Crippen molar-refractivity contribution in [2.24, 2.45) is 5.92 Å². The number of hydrogen-bond acceptors (Lipinski definition) is 5. The Hall–Kier alpha value is -1.90. The molecular weight excluding hydrogens is 306 g/mol. The number of aromatic nitrogens is 1. The van der Waals surface area contributed by atoms with Gasteiger partial charge in [0.05, 0.1) is 11.7 Å². The minimum absolute atomic E-state index is 0.279. The number of anilines is 1. The molecule has 1 atom stereocenters. The molecule has 2 aromatic heterocycles. The van der Waals surface area contributed by atoms with Crippen molar-refractivity contribution in [3.05, 3.63) is 45.3 Å². The van der Waals surface area contributed by atoms with Crippen LogP contribution in [0.1, 0.15) is 40.6 Å². The molecule has 1 N–H and O–H groups in total. The van der Waals surface area contributed by atoms with Crippen LogP contribution in [0.3, 0.4) is 0 Å². The van der Waals surface area contributed by atoms with Gasteiger partial charge in [0, 0.05) is 23.7 Å². The van der Waals surface area contributed by atoms with Crippen LogP contribution in [0.5, 0.6) is 0 Å². The van der Waals surface area contributed by atoms with Crippen molar-refractivity contribution in [1.82, 2.24) is 4.98 Å². The maximum absolute atomic E-state index is 10.5. The molecule has 1 aliphatic rings. The molecule has 1 fully saturated rings. The molecule has 1 saturated heterocycles. The van der Waals surface area contributed by atoms with Gasteiger partial charge in [0.15, 0.2) is 0 Å². The van der Waals surface area contributed by atoms with Crippen LogP contribution in [0.2, 0.25) is 0 Å². The second-order valence-electron chi connectivity index (χ2n) is 6.18. The molecule has 1 unspecified atom stereocenters. The minimum atomic E-state index is -0.375. The van der Waals surface area contributed by atoms with E-state index >= 15 is 0 Å². The number of hydrogen-bond donors (Lipinski definition) is 1. The summed E-state index contributed by atoms with van der Waals surface area (Å²) in [6.45, 7) is 5.59. The van der Waals surface area contributed by atoms with Crippen molar-refractivity contribution < 1.29 is 5.11 Å². The fraction of sp³-hybridized carbons (Fsp3) is 0.444. The Bertz CT molecular complexity index is 713. The van der Waals surface area contributed by atoms with Gasteiger partial charge in [0.2, 0.25) is 0 Å². The molecule has 0 aliphatic carbocycles. The summed E-state index contributed by atoms with van der Waals surface area (Å²) in [6, 6.07) is 8.23. The van der Waals surface area contributed by atoms with E-state index in [1.807, 2.05) is 37.4 Å². The van der Waals surface area contributed by atoms with Gasteiger partial charge in [-0.1, -0.05) is 6.07 Å². The fourth-order valence-corrected chi connectivity index (χ4v) is 4.11. The largest absolute Gasteiger partial charge is 0.387 e. The lowest BCUT2D eigenvalue weighted by Gasteiger charge is -2.35. The van der Waals surface area contributed by atoms with Crippen molar-refractivity contribution in [2.75, 3.05) is 18.0 Å². The summed E-state index contributed by atoms with van der Waals surface area (Å²) in [5, 5.41) is 21.9. The third-order valence-electron chi connectivity index (χ3n) is 4.56. The van der Waals surface area contributed by atoms with Gasteiger partial charge in [-0.05, 0) is 55.7 Å². The molecule has 0 bridgehead atoms. The number of pyridine rings is 1. The summed E-state index contributed by atoms with van der Waals surface area (Å²) in [7, 11) is 0. The third kappa shape index (κ3) is 3.24. The molecule has 1 aliphatic heterocycles. The molecule has 3 heterocycles. The first-order valence-electron chi connectivity index (χ1n) is 7.95. The van der Waals surface area contributed by atoms with Crippen molar-refractivity contribution in [2.45, 2.75) is 32.8 Å². The minimum Gasteiger partial charge on any atom is -0.387 e. The number of nitrogens with zero attached hydrogens (tertiary/aromatic N) is 3. The Balaban J connectivity index is 1.74. The Morgan fingerprint density at radius 3 is 2.74 bits per heavy atom. The predicted molar refractivity (Wildman–Crippen MR) is 92.6 cm³/mol. The lowest BCUT2D eigenvalue weighted by atomic mass is 9.90. The van der Waals surface area contributed by atoms with Crippen LogP contribution >= 0.6 is 11.3 Å². The molecule has 0 radical (unpaired) electrons. The van der Waals surface area contributed by atoms with Crippen LogP contribution in [-0.4, -0.2) is 23.2 Å². The molecule has 23 heavy (non-hydrogen) atoms. The Morgan fingerprint density at radius 2 is 2.13 bits per heavy atom. The van der Waals surface area contributed by atoms with E-state index in [9.17, 15) is 10.4 Å². The first-order valence-corrected chi connectivity index (χ1v) is 8.83. The summed E-state index contributed by atoms with van der Waals surface area (Å²) in [5.74, 6) is 1.08. The standard InChI is InChI=1S/C18H21N3OS/c1-12-10-13(2)20-18(15(12)11-19)21-7-5-14(6-8-21)17(22)16-4-3-9-23-16/h3-4,9-10,14,17,22H,5-8H2,1-2H3. The molecule has 2 aromatic rings. The van der Waals surface area contributed by atoms with E-state index < -0.39 is 0 Å². The number of piperidine rings is 1. The van der Waals surface area contributed by atoms with E-state index in [-0.39, 0.29) is 12.0 Å². The van der Waals surface area contributed by atoms with Gasteiger partial charge < -0.3 is 10.0 Å². The van der Waals surface area contributed by atoms with Crippen LogP contribution < -0.4 is 4.90 Å². The molecule has 4 nitrogen and oxygen atoms in total. The number of thiophene rings is 1. The van der Waals surface area contributed by atoms with Crippen LogP contribution in [0.15, 0.2) is 23.6 Å². The molecule has 0 aromatic carbocycles. The Morgan fingerprint density at radius 1 is 1.39 bits per heavy atom. The van der Waals surface area contributed by atoms with Gasteiger partial charge in [-0.3, -0.25) is 0 Å². The third-order valence-corrected chi connectivity index (χ3v) is 5.50. The second kappa shape index (κ2) is 6.69. The summed E-state index contributed by atoms with van der Waals surface area (Å²) in [6.07, 6.45) is 1.46. The van der Waals surface area contributed by atoms with Crippen LogP contribution in [0.4, 0.5) is 5.82 Å². The van der Waals surface area contributed by atoms with E-state index in [0.717, 1.165) is 47.9 Å². The summed E-state index contributed by atoms with van der Waals surface area (Å²) < 4.78 is 0. The van der Waals surface area contributed by atoms with Crippen LogP contribution in [0, 0.1) is 31.1 Å². The first-order chi connectivity index (χ1) is 11.1. The molecule has 3 rings (SSSR count). The fourth-order valence-electron chi connectivity index (χ4n) is 3.30. The first kappa shape index (κ1) is 16.0. The highest BCUT2D eigenvalue weighted by molar-refractivity contribution is 7.10. The van der Waals surface area contributed by atoms with E-state index in [0.29, 0.717) is 5.56 Å². The van der Waals surface area contributed by atoms with Crippen molar-refractivity contribution in [3.63, 3.8) is 0 Å². The summed E-state index contributed by atoms with van der Waals surface area (Å²) in [4.78, 5) is 7.83. The van der Waals surface area contributed by atoms with Crippen molar-refractivity contribution in [3.8, 4) is 6.07 Å². The monoisotopic (exact) mass is 327 g/mol. The van der Waals surface area contributed by atoms with Gasteiger partial charge >= 0.3 is 0 Å². The second-order valence-corrected chi connectivity index (χ2v) is 7.15. The zero-order valence-electron chi connectivity index (χ0n) is 13.5. The Labute approximate surface area is 141 Å². The SMILES string of the molecule is Cc1cc(C)c(C#N)c(N2CCC(C(O)c3cccs3)CC2)n1. The van der Waals surface area contributed by atoms with Crippen LogP contribution in [-0.2, 0) is 0 Å². The topological polar surface area (TPSA) is 60.2 Å². The van der Waals surface area contributed by atoms with Gasteiger partial charge in [0.25, 0.3) is 0 Å². The zero-order chi connectivity index (χ0) is 16.4. The maximum Gasteiger partial charge on any atom is 0.147 e. The van der Waals surface area contributed by atoms with Gasteiger partial charge in [-0.2, -0.15) is 5.26 Å². The lowest BCUT2D eigenvalue weighted by Crippen LogP contribution is -2.36. The van der Waals surface area contributed by atoms with Crippen molar-refractivity contribution in [1.29, 1.82) is 5.26 Å². The lowest BCUT2D eigenvalue weighted by molar-refractivity contribution is 0.0960. The molecule has 120 valence electrons. The van der Waals surface area contributed by atoms with Gasteiger partial charge in [-0.25, -0.2) is 4.98 Å². The molecule has 0 amide bonds. The summed E-state index contributed by atoms with van der Waals surface area (Å²) in [5.41, 5.74) is 2.60. The zero-order valence-corrected chi connectivity index (χ0v) is 14.3. The Kier molecular flexibility index (Phi) is 4.65. The highest BCUT2D eigenvalue weighted by Gasteiger charge is 2.28. The normalized spacial score (nSPS) is 17.0. The van der Waals surface area contributed by atoms with Crippen LogP contribution in [0.25, 0.3) is 0 Å². The maximum atomic E-state index is 10.5. The number of aryl methyl sites for hydroxylation is 2. The smallest absolute Gasteiger partial charge is 0.147 e. The molecule has 0 saturated carbocycles. The molecule has 5 heteroatoms. The molecular formula is C18H21N3OS. The number of aliphatic hydroxyl groups excluding tert-OH is 1. The quantitative estimate of drug-likeness (QED) is 0.936. The van der Waals surface area contributed by atoms with E-state index in [1.165, 1.54) is 0 Å².